The molecule has 0 bridgehead atoms. The van der Waals surface area contributed by atoms with E-state index in [1.54, 1.807) is 0 Å². The molecule has 0 aliphatic heterocycles. The lowest BCUT2D eigenvalue weighted by Crippen LogP contribution is -2.09. The average molecular weight is 200 g/mol. The summed E-state index contributed by atoms with van der Waals surface area (Å²) in [7, 11) is 0. The summed E-state index contributed by atoms with van der Waals surface area (Å²) < 4.78 is 5.55. The molecule has 0 unspecified atom stereocenters. The van der Waals surface area contributed by atoms with Crippen molar-refractivity contribution in [3.63, 3.8) is 0 Å². The van der Waals surface area contributed by atoms with Crippen molar-refractivity contribution in [1.29, 1.82) is 0 Å². The fourth-order valence-corrected chi connectivity index (χ4v) is 1.34. The molecule has 0 saturated heterocycles. The number of nitrogens with two attached hydrogens (primary N) is 1. The third-order valence-electron chi connectivity index (χ3n) is 1.64. The smallest absolute Gasteiger partial charge is 0.125 e. The standard InChI is InChI=1S/C10H14ClNO/c1-7(2)13-10-5-3-4-9(11)8(10)6-12/h3-5,7H,6,12H2,1-2H3. The molecule has 2 nitrogen and oxygen atoms in total. The van der Waals surface area contributed by atoms with E-state index in [1.807, 2.05) is 32.0 Å². The summed E-state index contributed by atoms with van der Waals surface area (Å²) in [5.41, 5.74) is 6.44. The van der Waals surface area contributed by atoms with Crippen LogP contribution < -0.4 is 10.5 Å². The normalized spacial score (nSPS) is 10.5. The molecule has 72 valence electrons. The lowest BCUT2D eigenvalue weighted by molar-refractivity contribution is 0.240. The highest BCUT2D eigenvalue weighted by Crippen LogP contribution is 2.26. The molecule has 0 aliphatic rings. The summed E-state index contributed by atoms with van der Waals surface area (Å²) in [6.45, 7) is 4.35. The van der Waals surface area contributed by atoms with E-state index in [2.05, 4.69) is 0 Å². The van der Waals surface area contributed by atoms with E-state index >= 15 is 0 Å². The maximum Gasteiger partial charge on any atom is 0.125 e. The second-order valence-electron chi connectivity index (χ2n) is 3.09. The highest BCUT2D eigenvalue weighted by molar-refractivity contribution is 6.31. The first-order valence-corrected chi connectivity index (χ1v) is 4.67. The van der Waals surface area contributed by atoms with Gasteiger partial charge in [-0.15, -0.1) is 0 Å². The quantitative estimate of drug-likeness (QED) is 0.812. The minimum absolute atomic E-state index is 0.142. The highest BCUT2D eigenvalue weighted by Gasteiger charge is 2.07. The molecule has 1 aromatic rings. The Morgan fingerprint density at radius 2 is 2.15 bits per heavy atom. The van der Waals surface area contributed by atoms with Crippen molar-refractivity contribution >= 4 is 11.6 Å². The molecule has 1 rings (SSSR count). The summed E-state index contributed by atoms with van der Waals surface area (Å²) in [5, 5.41) is 0.667. The minimum Gasteiger partial charge on any atom is -0.491 e. The van der Waals surface area contributed by atoms with E-state index in [4.69, 9.17) is 22.1 Å². The molecule has 0 aliphatic carbocycles. The van der Waals surface area contributed by atoms with E-state index in [1.165, 1.54) is 0 Å². The van der Waals surface area contributed by atoms with Crippen LogP contribution in [0.4, 0.5) is 0 Å². The second-order valence-corrected chi connectivity index (χ2v) is 3.49. The van der Waals surface area contributed by atoms with Gasteiger partial charge in [-0.2, -0.15) is 0 Å². The molecule has 0 heterocycles. The van der Waals surface area contributed by atoms with Crippen LogP contribution in [0.5, 0.6) is 5.75 Å². The molecule has 13 heavy (non-hydrogen) atoms. The Balaban J connectivity index is 2.98. The Labute approximate surface area is 83.6 Å². The first kappa shape index (κ1) is 10.4. The predicted molar refractivity (Wildman–Crippen MR) is 55.1 cm³/mol. The van der Waals surface area contributed by atoms with Gasteiger partial charge in [0.2, 0.25) is 0 Å². The molecule has 1 aromatic carbocycles. The zero-order valence-electron chi connectivity index (χ0n) is 7.88. The molecule has 0 saturated carbocycles. The maximum absolute atomic E-state index is 5.95. The van der Waals surface area contributed by atoms with Gasteiger partial charge in [0.1, 0.15) is 5.75 Å². The van der Waals surface area contributed by atoms with E-state index in [0.29, 0.717) is 11.6 Å². The number of halogens is 1. The van der Waals surface area contributed by atoms with Gasteiger partial charge in [0.15, 0.2) is 0 Å². The summed E-state index contributed by atoms with van der Waals surface area (Å²) in [5.74, 6) is 0.782. The van der Waals surface area contributed by atoms with Crippen LogP contribution in [0.3, 0.4) is 0 Å². The number of hydrogen-bond acceptors (Lipinski definition) is 2. The third kappa shape index (κ3) is 2.61. The topological polar surface area (TPSA) is 35.2 Å². The van der Waals surface area contributed by atoms with Crippen LogP contribution in [0, 0.1) is 0 Å². The number of ether oxygens (including phenoxy) is 1. The maximum atomic E-state index is 5.95. The van der Waals surface area contributed by atoms with Crippen molar-refractivity contribution in [1.82, 2.24) is 0 Å². The van der Waals surface area contributed by atoms with Crippen LogP contribution in [0.1, 0.15) is 19.4 Å². The first-order chi connectivity index (χ1) is 6.15. The molecule has 0 radical (unpaired) electrons. The molecule has 0 spiro atoms. The summed E-state index contributed by atoms with van der Waals surface area (Å²) in [6.07, 6.45) is 0.142. The van der Waals surface area contributed by atoms with Gasteiger partial charge < -0.3 is 10.5 Å². The zero-order chi connectivity index (χ0) is 9.84. The van der Waals surface area contributed by atoms with Crippen molar-refractivity contribution in [3.05, 3.63) is 28.8 Å². The van der Waals surface area contributed by atoms with Gasteiger partial charge in [-0.05, 0) is 26.0 Å². The summed E-state index contributed by atoms with van der Waals surface area (Å²) in [4.78, 5) is 0. The Hall–Kier alpha value is -0.730. The van der Waals surface area contributed by atoms with Crippen LogP contribution >= 0.6 is 11.6 Å². The summed E-state index contributed by atoms with van der Waals surface area (Å²) >= 11 is 5.95. The van der Waals surface area contributed by atoms with Gasteiger partial charge in [0.05, 0.1) is 6.10 Å². The summed E-state index contributed by atoms with van der Waals surface area (Å²) in [6, 6.07) is 5.56. The van der Waals surface area contributed by atoms with Gasteiger partial charge in [-0.3, -0.25) is 0 Å². The van der Waals surface area contributed by atoms with E-state index < -0.39 is 0 Å². The van der Waals surface area contributed by atoms with Crippen LogP contribution in [-0.2, 0) is 6.54 Å². The van der Waals surface area contributed by atoms with E-state index in [-0.39, 0.29) is 6.10 Å². The van der Waals surface area contributed by atoms with Crippen molar-refractivity contribution in [2.24, 2.45) is 5.73 Å². The average Bonchev–Trinajstić information content (AvgIpc) is 2.03. The monoisotopic (exact) mass is 199 g/mol. The van der Waals surface area contributed by atoms with Crippen LogP contribution in [-0.4, -0.2) is 6.10 Å². The largest absolute Gasteiger partial charge is 0.491 e. The SMILES string of the molecule is CC(C)Oc1cccc(Cl)c1CN. The molecule has 0 atom stereocenters. The van der Waals surface area contributed by atoms with E-state index in [0.717, 1.165) is 11.3 Å². The Kier molecular flexibility index (Phi) is 3.58. The van der Waals surface area contributed by atoms with Gasteiger partial charge in [-0.1, -0.05) is 17.7 Å². The lowest BCUT2D eigenvalue weighted by Gasteiger charge is -2.13. The fraction of sp³-hybridized carbons (Fsp3) is 0.400. The van der Waals surface area contributed by atoms with Crippen molar-refractivity contribution in [2.45, 2.75) is 26.5 Å². The Bertz CT molecular complexity index is 286. The number of hydrogen-bond donors (Lipinski definition) is 1. The third-order valence-corrected chi connectivity index (χ3v) is 2.00. The van der Waals surface area contributed by atoms with Crippen LogP contribution in [0.25, 0.3) is 0 Å². The van der Waals surface area contributed by atoms with Gasteiger partial charge in [0.25, 0.3) is 0 Å². The number of rotatable bonds is 3. The van der Waals surface area contributed by atoms with Crippen molar-refractivity contribution < 1.29 is 4.74 Å². The molecular formula is C10H14ClNO. The van der Waals surface area contributed by atoms with Gasteiger partial charge >= 0.3 is 0 Å². The molecular weight excluding hydrogens is 186 g/mol. The Morgan fingerprint density at radius 1 is 1.46 bits per heavy atom. The van der Waals surface area contributed by atoms with Crippen molar-refractivity contribution in [3.8, 4) is 5.75 Å². The molecule has 0 aromatic heterocycles. The van der Waals surface area contributed by atoms with Gasteiger partial charge in [-0.25, -0.2) is 0 Å². The first-order valence-electron chi connectivity index (χ1n) is 4.29. The zero-order valence-corrected chi connectivity index (χ0v) is 8.64. The number of benzene rings is 1. The second kappa shape index (κ2) is 4.49. The molecule has 0 fully saturated rings. The fourth-order valence-electron chi connectivity index (χ4n) is 1.10. The van der Waals surface area contributed by atoms with Gasteiger partial charge in [0, 0.05) is 17.1 Å². The highest BCUT2D eigenvalue weighted by atomic mass is 35.5. The lowest BCUT2D eigenvalue weighted by atomic mass is 10.2. The van der Waals surface area contributed by atoms with Crippen LogP contribution in [0.15, 0.2) is 18.2 Å². The Morgan fingerprint density at radius 3 is 2.69 bits per heavy atom. The molecule has 0 amide bonds. The molecule has 3 heteroatoms. The molecule has 2 N–H and O–H groups in total. The van der Waals surface area contributed by atoms with Crippen LogP contribution in [0.2, 0.25) is 5.02 Å². The predicted octanol–water partition coefficient (Wildman–Crippen LogP) is 2.59. The minimum atomic E-state index is 0.142. The van der Waals surface area contributed by atoms with E-state index in [9.17, 15) is 0 Å². The van der Waals surface area contributed by atoms with Crippen molar-refractivity contribution in [2.75, 3.05) is 0 Å².